The first kappa shape index (κ1) is 13.5. The smallest absolute Gasteiger partial charge is 0.124 e. The molecule has 1 saturated carbocycles. The molecule has 3 heteroatoms. The molecule has 20 heavy (non-hydrogen) atoms. The number of aliphatic hydroxyl groups is 1. The summed E-state index contributed by atoms with van der Waals surface area (Å²) < 4.78 is 5.69. The number of rotatable bonds is 1. The average Bonchev–Trinajstić information content (AvgIpc) is 2.73. The predicted molar refractivity (Wildman–Crippen MR) is 76.4 cm³/mol. The standard InChI is InChI=1S/C17H21NO2/c1-15(2)8-5-9-17(15,19)16(12-18)10-11-20-14-7-4-3-6-13(14)16/h3-4,6-7,19H,5,8-11H2,1-2H3. The van der Waals surface area contributed by atoms with Crippen molar-refractivity contribution in [3.05, 3.63) is 29.8 Å². The van der Waals surface area contributed by atoms with E-state index in [2.05, 4.69) is 19.9 Å². The molecule has 1 aliphatic heterocycles. The maximum Gasteiger partial charge on any atom is 0.124 e. The molecule has 106 valence electrons. The Morgan fingerprint density at radius 3 is 2.60 bits per heavy atom. The van der Waals surface area contributed by atoms with Crippen molar-refractivity contribution in [3.63, 3.8) is 0 Å². The van der Waals surface area contributed by atoms with E-state index in [4.69, 9.17) is 4.74 Å². The van der Waals surface area contributed by atoms with Crippen LogP contribution in [0, 0.1) is 16.7 Å². The second kappa shape index (κ2) is 4.23. The zero-order valence-corrected chi connectivity index (χ0v) is 12.1. The molecule has 0 saturated heterocycles. The molecule has 0 bridgehead atoms. The lowest BCUT2D eigenvalue weighted by Crippen LogP contribution is -2.58. The summed E-state index contributed by atoms with van der Waals surface area (Å²) in [4.78, 5) is 0. The summed E-state index contributed by atoms with van der Waals surface area (Å²) in [5, 5.41) is 21.4. The van der Waals surface area contributed by atoms with E-state index >= 15 is 0 Å². The van der Waals surface area contributed by atoms with Crippen LogP contribution < -0.4 is 4.74 Å². The van der Waals surface area contributed by atoms with Gasteiger partial charge in [0.15, 0.2) is 0 Å². The number of benzene rings is 1. The quantitative estimate of drug-likeness (QED) is 0.853. The molecule has 2 atom stereocenters. The van der Waals surface area contributed by atoms with Gasteiger partial charge in [0.05, 0.1) is 18.3 Å². The Kier molecular flexibility index (Phi) is 2.85. The number of nitrogens with zero attached hydrogens (tertiary/aromatic N) is 1. The maximum atomic E-state index is 11.5. The lowest BCUT2D eigenvalue weighted by atomic mass is 9.57. The highest BCUT2D eigenvalue weighted by Crippen LogP contribution is 2.59. The zero-order chi connectivity index (χ0) is 14.4. The molecule has 1 heterocycles. The van der Waals surface area contributed by atoms with E-state index in [0.717, 1.165) is 24.2 Å². The molecule has 2 unspecified atom stereocenters. The molecule has 0 aromatic heterocycles. The first-order valence-electron chi connectivity index (χ1n) is 7.33. The van der Waals surface area contributed by atoms with Crippen LogP contribution >= 0.6 is 0 Å². The fraction of sp³-hybridized carbons (Fsp3) is 0.588. The molecule has 1 aromatic carbocycles. The molecule has 0 radical (unpaired) electrons. The van der Waals surface area contributed by atoms with E-state index in [1.54, 1.807) is 0 Å². The summed E-state index contributed by atoms with van der Waals surface area (Å²) in [6, 6.07) is 10.1. The number of fused-ring (bicyclic) bond motifs is 1. The van der Waals surface area contributed by atoms with Gasteiger partial charge in [0.2, 0.25) is 0 Å². The molecule has 0 spiro atoms. The average molecular weight is 271 g/mol. The van der Waals surface area contributed by atoms with E-state index in [1.165, 1.54) is 0 Å². The summed E-state index contributed by atoms with van der Waals surface area (Å²) in [6.07, 6.45) is 3.16. The molecule has 3 nitrogen and oxygen atoms in total. The Morgan fingerprint density at radius 2 is 1.95 bits per heavy atom. The molecule has 2 aliphatic rings. The van der Waals surface area contributed by atoms with Crippen molar-refractivity contribution in [3.8, 4) is 11.8 Å². The van der Waals surface area contributed by atoms with Crippen LogP contribution in [0.25, 0.3) is 0 Å². The lowest BCUT2D eigenvalue weighted by molar-refractivity contribution is -0.0992. The topological polar surface area (TPSA) is 53.2 Å². The predicted octanol–water partition coefficient (Wildman–Crippen LogP) is 3.17. The first-order valence-corrected chi connectivity index (χ1v) is 7.33. The van der Waals surface area contributed by atoms with Crippen molar-refractivity contribution in [2.45, 2.75) is 50.5 Å². The van der Waals surface area contributed by atoms with Crippen molar-refractivity contribution < 1.29 is 9.84 Å². The van der Waals surface area contributed by atoms with Gasteiger partial charge in [-0.2, -0.15) is 5.26 Å². The number of para-hydroxylation sites is 1. The summed E-state index contributed by atoms with van der Waals surface area (Å²) >= 11 is 0. The largest absolute Gasteiger partial charge is 0.493 e. The lowest BCUT2D eigenvalue weighted by Gasteiger charge is -2.50. The number of nitriles is 1. The third-order valence-electron chi connectivity index (χ3n) is 5.44. The normalized spacial score (nSPS) is 34.9. The third-order valence-corrected chi connectivity index (χ3v) is 5.44. The summed E-state index contributed by atoms with van der Waals surface area (Å²) in [5.74, 6) is 0.747. The van der Waals surface area contributed by atoms with Gasteiger partial charge in [0.1, 0.15) is 11.2 Å². The molecule has 1 aromatic rings. The second-order valence-electron chi connectivity index (χ2n) is 6.71. The van der Waals surface area contributed by atoms with Gasteiger partial charge in [-0.3, -0.25) is 0 Å². The van der Waals surface area contributed by atoms with E-state index in [-0.39, 0.29) is 5.41 Å². The molecule has 1 fully saturated rings. The highest BCUT2D eigenvalue weighted by Gasteiger charge is 2.63. The minimum Gasteiger partial charge on any atom is -0.493 e. The molecule has 3 rings (SSSR count). The molecule has 0 amide bonds. The van der Waals surface area contributed by atoms with Crippen LogP contribution in [0.4, 0.5) is 0 Å². The van der Waals surface area contributed by atoms with Gasteiger partial charge in [-0.1, -0.05) is 32.0 Å². The fourth-order valence-corrected chi connectivity index (χ4v) is 4.15. The Balaban J connectivity index is 2.22. The van der Waals surface area contributed by atoms with Crippen LogP contribution in [0.5, 0.6) is 5.75 Å². The Labute approximate surface area is 120 Å². The zero-order valence-electron chi connectivity index (χ0n) is 12.1. The molecule has 1 N–H and O–H groups in total. The monoisotopic (exact) mass is 271 g/mol. The highest BCUT2D eigenvalue weighted by atomic mass is 16.5. The third kappa shape index (κ3) is 1.49. The van der Waals surface area contributed by atoms with Gasteiger partial charge >= 0.3 is 0 Å². The molecule has 1 aliphatic carbocycles. The highest BCUT2D eigenvalue weighted by molar-refractivity contribution is 5.49. The summed E-state index contributed by atoms with van der Waals surface area (Å²) in [7, 11) is 0. The van der Waals surface area contributed by atoms with Crippen molar-refractivity contribution in [1.29, 1.82) is 5.26 Å². The molecular formula is C17H21NO2. The van der Waals surface area contributed by atoms with Gasteiger partial charge in [-0.15, -0.1) is 0 Å². The van der Waals surface area contributed by atoms with E-state index in [9.17, 15) is 10.4 Å². The van der Waals surface area contributed by atoms with Gasteiger partial charge in [-0.25, -0.2) is 0 Å². The minimum absolute atomic E-state index is 0.257. The van der Waals surface area contributed by atoms with Gasteiger partial charge < -0.3 is 9.84 Å². The number of hydrogen-bond acceptors (Lipinski definition) is 3. The van der Waals surface area contributed by atoms with Crippen LogP contribution in [0.2, 0.25) is 0 Å². The minimum atomic E-state index is -0.991. The maximum absolute atomic E-state index is 11.5. The van der Waals surface area contributed by atoms with Crippen LogP contribution in [0.1, 0.15) is 45.1 Å². The van der Waals surface area contributed by atoms with Crippen molar-refractivity contribution in [2.24, 2.45) is 5.41 Å². The van der Waals surface area contributed by atoms with Crippen molar-refractivity contribution >= 4 is 0 Å². The van der Waals surface area contributed by atoms with Gasteiger partial charge in [0.25, 0.3) is 0 Å². The molecular weight excluding hydrogens is 250 g/mol. The number of ether oxygens (including phenoxy) is 1. The van der Waals surface area contributed by atoms with Gasteiger partial charge in [-0.05, 0) is 30.7 Å². The summed E-state index contributed by atoms with van der Waals surface area (Å²) in [6.45, 7) is 4.65. The Bertz CT molecular complexity index is 575. The van der Waals surface area contributed by atoms with Crippen molar-refractivity contribution in [2.75, 3.05) is 6.61 Å². The van der Waals surface area contributed by atoms with Crippen LogP contribution in [0.3, 0.4) is 0 Å². The van der Waals surface area contributed by atoms with Gasteiger partial charge in [0, 0.05) is 12.0 Å². The second-order valence-corrected chi connectivity index (χ2v) is 6.71. The number of hydrogen-bond donors (Lipinski definition) is 1. The SMILES string of the molecule is CC1(C)CCCC1(O)C1(C#N)CCOc2ccccc21. The van der Waals surface area contributed by atoms with Crippen molar-refractivity contribution in [1.82, 2.24) is 0 Å². The van der Waals surface area contributed by atoms with E-state index in [1.807, 2.05) is 24.3 Å². The summed E-state index contributed by atoms with van der Waals surface area (Å²) in [5.41, 5.74) is -1.25. The van der Waals surface area contributed by atoms with Crippen LogP contribution in [-0.4, -0.2) is 17.3 Å². The van der Waals surface area contributed by atoms with E-state index < -0.39 is 11.0 Å². The van der Waals surface area contributed by atoms with E-state index in [0.29, 0.717) is 19.4 Å². The first-order chi connectivity index (χ1) is 9.47. The Morgan fingerprint density at radius 1 is 1.20 bits per heavy atom. The van der Waals surface area contributed by atoms with Crippen LogP contribution in [-0.2, 0) is 5.41 Å². The van der Waals surface area contributed by atoms with Crippen LogP contribution in [0.15, 0.2) is 24.3 Å². The fourth-order valence-electron chi connectivity index (χ4n) is 4.15. The Hall–Kier alpha value is -1.53.